The van der Waals surface area contributed by atoms with Gasteiger partial charge in [-0.1, -0.05) is 26.0 Å². The predicted octanol–water partition coefficient (Wildman–Crippen LogP) is 3.64. The fourth-order valence-corrected chi connectivity index (χ4v) is 3.97. The Labute approximate surface area is 166 Å². The molecular formula is C23H28N4O. The molecule has 0 bridgehead atoms. The molecule has 3 heterocycles. The summed E-state index contributed by atoms with van der Waals surface area (Å²) >= 11 is 0. The Morgan fingerprint density at radius 1 is 1.14 bits per heavy atom. The average molecular weight is 377 g/mol. The van der Waals surface area contributed by atoms with Crippen molar-refractivity contribution in [3.05, 3.63) is 48.2 Å². The molecule has 1 aliphatic rings. The third-order valence-electron chi connectivity index (χ3n) is 5.69. The topological polar surface area (TPSA) is 51.0 Å². The molecule has 2 aromatic heterocycles. The monoisotopic (exact) mass is 376 g/mol. The molecule has 1 fully saturated rings. The molecule has 28 heavy (non-hydrogen) atoms. The molecule has 0 saturated carbocycles. The van der Waals surface area contributed by atoms with Gasteiger partial charge in [0, 0.05) is 61.9 Å². The lowest BCUT2D eigenvalue weighted by Gasteiger charge is -2.39. The second-order valence-corrected chi connectivity index (χ2v) is 8.44. The Bertz CT molecular complexity index is 1010. The summed E-state index contributed by atoms with van der Waals surface area (Å²) < 4.78 is 2.09. The number of Topliss-reactive ketones (excluding diaryl/α,β-unsaturated/α-hetero) is 1. The number of likely N-dealkylation sites (tertiary alicyclic amines) is 1. The number of aromatic nitrogens is 3. The van der Waals surface area contributed by atoms with E-state index in [4.69, 9.17) is 0 Å². The maximum atomic E-state index is 12.6. The van der Waals surface area contributed by atoms with Crippen LogP contribution in [0.1, 0.15) is 25.4 Å². The summed E-state index contributed by atoms with van der Waals surface area (Å²) in [4.78, 5) is 23.9. The summed E-state index contributed by atoms with van der Waals surface area (Å²) in [7, 11) is 2.03. The van der Waals surface area contributed by atoms with Gasteiger partial charge in [-0.15, -0.1) is 0 Å². The number of nitrogens with zero attached hydrogens (tertiary/aromatic N) is 4. The minimum atomic E-state index is 0.167. The van der Waals surface area contributed by atoms with Gasteiger partial charge in [0.25, 0.3) is 0 Å². The van der Waals surface area contributed by atoms with E-state index in [9.17, 15) is 4.79 Å². The standard InChI is InChI=1S/C23H28N4O/c1-15(2)12-27-13-20(14-27)23(28)9-21-8-19-7-17(5-6-18(19)10-25-21)22-11-24-16(3)26(22)4/h5-8,10-11,15,20H,9,12-14H2,1-4H3. The Morgan fingerprint density at radius 2 is 1.93 bits per heavy atom. The fraction of sp³-hybridized carbons (Fsp3) is 0.435. The maximum Gasteiger partial charge on any atom is 0.144 e. The second-order valence-electron chi connectivity index (χ2n) is 8.44. The molecule has 5 heteroatoms. The van der Waals surface area contributed by atoms with Crippen molar-refractivity contribution in [1.29, 1.82) is 0 Å². The lowest BCUT2D eigenvalue weighted by atomic mass is 9.91. The first-order valence-corrected chi connectivity index (χ1v) is 10.0. The number of fused-ring (bicyclic) bond motifs is 1. The number of carbonyl (C=O) groups is 1. The normalized spacial score (nSPS) is 15.3. The summed E-state index contributed by atoms with van der Waals surface area (Å²) in [6.45, 7) is 9.31. The number of rotatable bonds is 6. The molecule has 0 spiro atoms. The smallest absolute Gasteiger partial charge is 0.144 e. The lowest BCUT2D eigenvalue weighted by molar-refractivity contribution is -0.127. The third-order valence-corrected chi connectivity index (χ3v) is 5.69. The molecule has 0 amide bonds. The van der Waals surface area contributed by atoms with Crippen LogP contribution in [-0.2, 0) is 18.3 Å². The van der Waals surface area contributed by atoms with E-state index in [1.54, 1.807) is 0 Å². The van der Waals surface area contributed by atoms with Crippen LogP contribution in [0.2, 0.25) is 0 Å². The number of imidazole rings is 1. The van der Waals surface area contributed by atoms with Crippen LogP contribution >= 0.6 is 0 Å². The van der Waals surface area contributed by atoms with Crippen molar-refractivity contribution < 1.29 is 4.79 Å². The molecule has 1 aliphatic heterocycles. The number of pyridine rings is 1. The van der Waals surface area contributed by atoms with Gasteiger partial charge in [-0.05, 0) is 30.4 Å². The van der Waals surface area contributed by atoms with Gasteiger partial charge in [-0.3, -0.25) is 9.78 Å². The molecule has 1 aromatic carbocycles. The third kappa shape index (κ3) is 3.72. The van der Waals surface area contributed by atoms with Crippen molar-refractivity contribution in [2.24, 2.45) is 18.9 Å². The largest absolute Gasteiger partial charge is 0.331 e. The summed E-state index contributed by atoms with van der Waals surface area (Å²) in [5, 5.41) is 2.20. The fourth-order valence-electron chi connectivity index (χ4n) is 3.97. The molecule has 4 rings (SSSR count). The summed E-state index contributed by atoms with van der Waals surface area (Å²) in [6, 6.07) is 8.41. The number of hydrogen-bond acceptors (Lipinski definition) is 4. The first-order chi connectivity index (χ1) is 13.4. The average Bonchev–Trinajstić information content (AvgIpc) is 2.96. The zero-order valence-corrected chi connectivity index (χ0v) is 17.1. The van der Waals surface area contributed by atoms with Gasteiger partial charge in [0.15, 0.2) is 0 Å². The summed E-state index contributed by atoms with van der Waals surface area (Å²) in [6.07, 6.45) is 4.20. The molecule has 146 valence electrons. The molecule has 3 aromatic rings. The van der Waals surface area contributed by atoms with Crippen LogP contribution in [0.4, 0.5) is 0 Å². The molecule has 0 N–H and O–H groups in total. The van der Waals surface area contributed by atoms with Crippen LogP contribution in [0.25, 0.3) is 22.0 Å². The van der Waals surface area contributed by atoms with Crippen LogP contribution in [0.5, 0.6) is 0 Å². The first kappa shape index (κ1) is 18.8. The van der Waals surface area contributed by atoms with Crippen LogP contribution in [0.3, 0.4) is 0 Å². The van der Waals surface area contributed by atoms with Crippen molar-refractivity contribution in [1.82, 2.24) is 19.4 Å². The Kier molecular flexibility index (Phi) is 5.02. The van der Waals surface area contributed by atoms with E-state index in [1.165, 1.54) is 0 Å². The minimum Gasteiger partial charge on any atom is -0.331 e. The highest BCUT2D eigenvalue weighted by Crippen LogP contribution is 2.26. The summed E-state index contributed by atoms with van der Waals surface area (Å²) in [5.74, 6) is 2.11. The first-order valence-electron chi connectivity index (χ1n) is 10.0. The molecular weight excluding hydrogens is 348 g/mol. The molecule has 1 saturated heterocycles. The Balaban J connectivity index is 1.49. The van der Waals surface area contributed by atoms with Crippen molar-refractivity contribution in [2.75, 3.05) is 19.6 Å². The highest BCUT2D eigenvalue weighted by molar-refractivity contribution is 5.88. The molecule has 0 unspecified atom stereocenters. The van der Waals surface area contributed by atoms with E-state index in [0.717, 1.165) is 53.2 Å². The number of hydrogen-bond donors (Lipinski definition) is 0. The van der Waals surface area contributed by atoms with Crippen molar-refractivity contribution in [3.63, 3.8) is 0 Å². The van der Waals surface area contributed by atoms with E-state index < -0.39 is 0 Å². The van der Waals surface area contributed by atoms with Crippen LogP contribution in [0.15, 0.2) is 36.7 Å². The molecule has 5 nitrogen and oxygen atoms in total. The number of aryl methyl sites for hydroxylation is 1. The van der Waals surface area contributed by atoms with Gasteiger partial charge in [0.2, 0.25) is 0 Å². The van der Waals surface area contributed by atoms with E-state index in [-0.39, 0.29) is 5.92 Å². The molecule has 0 radical (unpaired) electrons. The second kappa shape index (κ2) is 7.47. The van der Waals surface area contributed by atoms with E-state index in [1.807, 2.05) is 26.4 Å². The zero-order chi connectivity index (χ0) is 19.8. The van der Waals surface area contributed by atoms with Gasteiger partial charge in [0.1, 0.15) is 11.6 Å². The lowest BCUT2D eigenvalue weighted by Crippen LogP contribution is -2.51. The SMILES string of the molecule is Cc1ncc(-c2ccc3cnc(CC(=O)C4CN(CC(C)C)C4)cc3c2)n1C. The number of carbonyl (C=O) groups excluding carboxylic acids is 1. The van der Waals surface area contributed by atoms with Gasteiger partial charge in [0.05, 0.1) is 11.9 Å². The Morgan fingerprint density at radius 3 is 2.61 bits per heavy atom. The Hall–Kier alpha value is -2.53. The van der Waals surface area contributed by atoms with Crippen LogP contribution in [-0.4, -0.2) is 44.9 Å². The number of benzene rings is 1. The quantitative estimate of drug-likeness (QED) is 0.659. The summed E-state index contributed by atoms with van der Waals surface area (Å²) in [5.41, 5.74) is 3.08. The van der Waals surface area contributed by atoms with Crippen molar-refractivity contribution >= 4 is 16.6 Å². The van der Waals surface area contributed by atoms with E-state index in [0.29, 0.717) is 18.1 Å². The highest BCUT2D eigenvalue weighted by atomic mass is 16.1. The minimum absolute atomic E-state index is 0.167. The van der Waals surface area contributed by atoms with Crippen molar-refractivity contribution in [3.8, 4) is 11.3 Å². The van der Waals surface area contributed by atoms with E-state index in [2.05, 4.69) is 57.5 Å². The van der Waals surface area contributed by atoms with Crippen molar-refractivity contribution in [2.45, 2.75) is 27.2 Å². The van der Waals surface area contributed by atoms with E-state index >= 15 is 0 Å². The molecule has 0 aliphatic carbocycles. The number of ketones is 1. The van der Waals surface area contributed by atoms with Gasteiger partial charge >= 0.3 is 0 Å². The maximum absolute atomic E-state index is 12.6. The van der Waals surface area contributed by atoms with Crippen LogP contribution in [0, 0.1) is 18.8 Å². The zero-order valence-electron chi connectivity index (χ0n) is 17.1. The molecule has 0 atom stereocenters. The van der Waals surface area contributed by atoms with Crippen LogP contribution < -0.4 is 0 Å². The highest BCUT2D eigenvalue weighted by Gasteiger charge is 2.32. The van der Waals surface area contributed by atoms with Gasteiger partial charge < -0.3 is 9.47 Å². The van der Waals surface area contributed by atoms with Gasteiger partial charge in [-0.25, -0.2) is 4.98 Å². The van der Waals surface area contributed by atoms with Gasteiger partial charge in [-0.2, -0.15) is 0 Å². The predicted molar refractivity (Wildman–Crippen MR) is 112 cm³/mol.